The lowest BCUT2D eigenvalue weighted by molar-refractivity contribution is 0.275. The largest absolute Gasteiger partial charge is 0.493 e. The summed E-state index contributed by atoms with van der Waals surface area (Å²) in [5.74, 6) is -1.09. The Morgan fingerprint density at radius 2 is 1.95 bits per heavy atom. The zero-order valence-electron chi connectivity index (χ0n) is 11.3. The first-order valence-electron chi connectivity index (χ1n) is 6.19. The standard InChI is InChI=1S/C15H14ClF2NO2/c1-20-13-6-11(16)5-10(7-19)15(13)21-8-9-3-2-4-12(17)14(9)18/h2-6H,7-8,19H2,1H3. The van der Waals surface area contributed by atoms with Crippen LogP contribution < -0.4 is 15.2 Å². The van der Waals surface area contributed by atoms with Crippen LogP contribution in [-0.4, -0.2) is 7.11 Å². The van der Waals surface area contributed by atoms with Crippen LogP contribution in [0.25, 0.3) is 0 Å². The minimum absolute atomic E-state index is 0.106. The van der Waals surface area contributed by atoms with Crippen molar-refractivity contribution in [2.75, 3.05) is 7.11 Å². The monoisotopic (exact) mass is 313 g/mol. The van der Waals surface area contributed by atoms with E-state index in [2.05, 4.69) is 0 Å². The van der Waals surface area contributed by atoms with E-state index in [1.165, 1.54) is 19.2 Å². The molecule has 0 atom stereocenters. The van der Waals surface area contributed by atoms with Crippen LogP contribution in [0.15, 0.2) is 30.3 Å². The Morgan fingerprint density at radius 1 is 1.19 bits per heavy atom. The van der Waals surface area contributed by atoms with Gasteiger partial charge in [0.05, 0.1) is 7.11 Å². The SMILES string of the molecule is COc1cc(Cl)cc(CN)c1OCc1cccc(F)c1F. The summed E-state index contributed by atoms with van der Waals surface area (Å²) in [5, 5.41) is 0.455. The van der Waals surface area contributed by atoms with Gasteiger partial charge in [-0.3, -0.25) is 0 Å². The van der Waals surface area contributed by atoms with E-state index in [0.29, 0.717) is 22.1 Å². The van der Waals surface area contributed by atoms with Gasteiger partial charge in [0, 0.05) is 28.8 Å². The second kappa shape index (κ2) is 6.74. The maximum Gasteiger partial charge on any atom is 0.166 e. The van der Waals surface area contributed by atoms with Crippen LogP contribution in [0.1, 0.15) is 11.1 Å². The van der Waals surface area contributed by atoms with Crippen LogP contribution >= 0.6 is 11.6 Å². The molecule has 3 nitrogen and oxygen atoms in total. The molecule has 0 amide bonds. The highest BCUT2D eigenvalue weighted by Crippen LogP contribution is 2.35. The molecule has 2 rings (SSSR count). The normalized spacial score (nSPS) is 10.5. The van der Waals surface area contributed by atoms with E-state index in [4.69, 9.17) is 26.8 Å². The smallest absolute Gasteiger partial charge is 0.166 e. The summed E-state index contributed by atoms with van der Waals surface area (Å²) in [6.07, 6.45) is 0. The highest BCUT2D eigenvalue weighted by molar-refractivity contribution is 6.30. The number of methoxy groups -OCH3 is 1. The first-order valence-corrected chi connectivity index (χ1v) is 6.56. The Labute approximate surface area is 126 Å². The molecule has 0 aliphatic rings. The summed E-state index contributed by atoms with van der Waals surface area (Å²) < 4.78 is 37.5. The summed E-state index contributed by atoms with van der Waals surface area (Å²) in [6, 6.07) is 7.12. The van der Waals surface area contributed by atoms with Crippen LogP contribution in [0.3, 0.4) is 0 Å². The molecule has 2 aromatic rings. The van der Waals surface area contributed by atoms with E-state index in [1.807, 2.05) is 0 Å². The molecule has 0 saturated heterocycles. The fourth-order valence-electron chi connectivity index (χ4n) is 1.90. The molecule has 0 heterocycles. The lowest BCUT2D eigenvalue weighted by Crippen LogP contribution is -2.06. The molecule has 0 aliphatic heterocycles. The predicted octanol–water partition coefficient (Wildman–Crippen LogP) is 3.66. The predicted molar refractivity (Wildman–Crippen MR) is 76.6 cm³/mol. The average Bonchev–Trinajstić information content (AvgIpc) is 2.48. The van der Waals surface area contributed by atoms with Gasteiger partial charge >= 0.3 is 0 Å². The number of benzene rings is 2. The second-order valence-corrected chi connectivity index (χ2v) is 4.74. The van der Waals surface area contributed by atoms with E-state index < -0.39 is 11.6 Å². The van der Waals surface area contributed by atoms with Crippen LogP contribution in [0.5, 0.6) is 11.5 Å². The van der Waals surface area contributed by atoms with Crippen molar-refractivity contribution in [2.45, 2.75) is 13.2 Å². The highest BCUT2D eigenvalue weighted by Gasteiger charge is 2.14. The lowest BCUT2D eigenvalue weighted by Gasteiger charge is -2.15. The van der Waals surface area contributed by atoms with E-state index in [-0.39, 0.29) is 18.7 Å². The molecule has 2 N–H and O–H groups in total. The van der Waals surface area contributed by atoms with Gasteiger partial charge in [-0.2, -0.15) is 0 Å². The molecular weight excluding hydrogens is 300 g/mol. The fourth-order valence-corrected chi connectivity index (χ4v) is 2.13. The molecule has 21 heavy (non-hydrogen) atoms. The Bertz CT molecular complexity index is 625. The summed E-state index contributed by atoms with van der Waals surface area (Å²) in [5.41, 5.74) is 6.37. The van der Waals surface area contributed by atoms with Gasteiger partial charge in [0.2, 0.25) is 0 Å². The topological polar surface area (TPSA) is 44.5 Å². The third-order valence-corrected chi connectivity index (χ3v) is 3.16. The fraction of sp³-hybridized carbons (Fsp3) is 0.200. The molecule has 0 aromatic heterocycles. The highest BCUT2D eigenvalue weighted by atomic mass is 35.5. The second-order valence-electron chi connectivity index (χ2n) is 4.30. The van der Waals surface area contributed by atoms with Crippen molar-refractivity contribution in [1.82, 2.24) is 0 Å². The molecule has 0 unspecified atom stereocenters. The van der Waals surface area contributed by atoms with Crippen molar-refractivity contribution in [3.63, 3.8) is 0 Å². The van der Waals surface area contributed by atoms with Gasteiger partial charge in [-0.1, -0.05) is 23.7 Å². The molecule has 6 heteroatoms. The molecule has 0 spiro atoms. The molecule has 0 saturated carbocycles. The van der Waals surface area contributed by atoms with Gasteiger partial charge in [0.25, 0.3) is 0 Å². The van der Waals surface area contributed by atoms with Crippen LogP contribution in [0, 0.1) is 11.6 Å². The average molecular weight is 314 g/mol. The number of hydrogen-bond acceptors (Lipinski definition) is 3. The molecular formula is C15H14ClF2NO2. The molecule has 0 aliphatic carbocycles. The number of hydrogen-bond donors (Lipinski definition) is 1. The molecule has 2 aromatic carbocycles. The Balaban J connectivity index is 2.29. The van der Waals surface area contributed by atoms with Gasteiger partial charge in [-0.05, 0) is 12.1 Å². The third-order valence-electron chi connectivity index (χ3n) is 2.94. The Kier molecular flexibility index (Phi) is 4.98. The van der Waals surface area contributed by atoms with Crippen molar-refractivity contribution in [2.24, 2.45) is 5.73 Å². The van der Waals surface area contributed by atoms with Gasteiger partial charge < -0.3 is 15.2 Å². The van der Waals surface area contributed by atoms with Crippen molar-refractivity contribution in [3.05, 3.63) is 58.1 Å². The van der Waals surface area contributed by atoms with Gasteiger partial charge in [0.15, 0.2) is 23.1 Å². The Morgan fingerprint density at radius 3 is 2.62 bits per heavy atom. The molecule has 112 valence electrons. The van der Waals surface area contributed by atoms with E-state index in [9.17, 15) is 8.78 Å². The zero-order valence-corrected chi connectivity index (χ0v) is 12.1. The lowest BCUT2D eigenvalue weighted by atomic mass is 10.1. The van der Waals surface area contributed by atoms with Crippen molar-refractivity contribution >= 4 is 11.6 Å². The van der Waals surface area contributed by atoms with Crippen LogP contribution in [-0.2, 0) is 13.2 Å². The van der Waals surface area contributed by atoms with E-state index in [0.717, 1.165) is 6.07 Å². The summed E-state index contributed by atoms with van der Waals surface area (Å²) in [4.78, 5) is 0. The van der Waals surface area contributed by atoms with E-state index >= 15 is 0 Å². The van der Waals surface area contributed by atoms with Crippen LogP contribution in [0.4, 0.5) is 8.78 Å². The van der Waals surface area contributed by atoms with Crippen molar-refractivity contribution in [1.29, 1.82) is 0 Å². The van der Waals surface area contributed by atoms with Crippen LogP contribution in [0.2, 0.25) is 5.02 Å². The van der Waals surface area contributed by atoms with Crippen molar-refractivity contribution in [3.8, 4) is 11.5 Å². The van der Waals surface area contributed by atoms with Gasteiger partial charge in [-0.25, -0.2) is 8.78 Å². The summed E-state index contributed by atoms with van der Waals surface area (Å²) in [6.45, 7) is 0.0342. The maximum absolute atomic E-state index is 13.6. The minimum Gasteiger partial charge on any atom is -0.493 e. The number of ether oxygens (including phenoxy) is 2. The maximum atomic E-state index is 13.6. The number of halogens is 3. The molecule has 0 bridgehead atoms. The number of nitrogens with two attached hydrogens (primary N) is 1. The Hall–Kier alpha value is -1.85. The van der Waals surface area contributed by atoms with E-state index in [1.54, 1.807) is 12.1 Å². The third kappa shape index (κ3) is 3.43. The first kappa shape index (κ1) is 15.5. The zero-order chi connectivity index (χ0) is 15.4. The van der Waals surface area contributed by atoms with Gasteiger partial charge in [-0.15, -0.1) is 0 Å². The number of rotatable bonds is 5. The summed E-state index contributed by atoms with van der Waals surface area (Å²) >= 11 is 5.94. The summed E-state index contributed by atoms with van der Waals surface area (Å²) in [7, 11) is 1.46. The first-order chi connectivity index (χ1) is 10.1. The molecule has 0 radical (unpaired) electrons. The molecule has 0 fully saturated rings. The quantitative estimate of drug-likeness (QED) is 0.916. The van der Waals surface area contributed by atoms with Crippen molar-refractivity contribution < 1.29 is 18.3 Å². The minimum atomic E-state index is -0.931. The van der Waals surface area contributed by atoms with Gasteiger partial charge in [0.1, 0.15) is 6.61 Å².